The summed E-state index contributed by atoms with van der Waals surface area (Å²) in [5.74, 6) is -3.56. The number of imide groups is 1. The Morgan fingerprint density at radius 1 is 0.860 bits per heavy atom. The van der Waals surface area contributed by atoms with Crippen LogP contribution in [0.15, 0.2) is 78.4 Å². The van der Waals surface area contributed by atoms with Gasteiger partial charge in [0.25, 0.3) is 17.7 Å². The number of hydrazine groups is 1. The molecule has 0 unspecified atom stereocenters. The number of esters is 1. The van der Waals surface area contributed by atoms with Gasteiger partial charge in [-0.15, -0.1) is 0 Å². The van der Waals surface area contributed by atoms with Crippen molar-refractivity contribution in [3.63, 3.8) is 0 Å². The first-order chi connectivity index (χ1) is 20.6. The van der Waals surface area contributed by atoms with Crippen LogP contribution in [0.1, 0.15) is 50.8 Å². The molecule has 3 amide bonds. The minimum atomic E-state index is -0.763. The van der Waals surface area contributed by atoms with Gasteiger partial charge in [-0.05, 0) is 80.4 Å². The highest BCUT2D eigenvalue weighted by Gasteiger charge is 2.51. The summed E-state index contributed by atoms with van der Waals surface area (Å²) in [5.41, 5.74) is 1.48. The highest BCUT2D eigenvalue weighted by Crippen LogP contribution is 2.39. The number of amides is 3. The van der Waals surface area contributed by atoms with E-state index in [0.717, 1.165) is 15.6 Å². The lowest BCUT2D eigenvalue weighted by molar-refractivity contribution is -0.154. The summed E-state index contributed by atoms with van der Waals surface area (Å²) in [7, 11) is 1.49. The number of hydrogen-bond donors (Lipinski definition) is 0. The van der Waals surface area contributed by atoms with Crippen molar-refractivity contribution < 1.29 is 33.4 Å². The van der Waals surface area contributed by atoms with Crippen LogP contribution in [0.4, 0.5) is 0 Å². The second kappa shape index (κ2) is 12.4. The summed E-state index contributed by atoms with van der Waals surface area (Å²) in [4.78, 5) is 66.7. The number of Topliss-reactive ketones (excluding diaryl/α,β-unsaturated/α-hetero) is 1. The zero-order chi connectivity index (χ0) is 30.8. The van der Waals surface area contributed by atoms with Crippen LogP contribution in [0.5, 0.6) is 11.5 Å². The summed E-state index contributed by atoms with van der Waals surface area (Å²) in [5, 5.41) is 1.99. The van der Waals surface area contributed by atoms with Crippen LogP contribution in [0, 0.1) is 11.8 Å². The smallest absolute Gasteiger partial charge is 0.343 e. The van der Waals surface area contributed by atoms with Crippen molar-refractivity contribution >= 4 is 52.7 Å². The zero-order valence-corrected chi connectivity index (χ0v) is 24.7. The van der Waals surface area contributed by atoms with Gasteiger partial charge in [0.1, 0.15) is 18.0 Å². The number of hydrogen-bond acceptors (Lipinski definition) is 7. The van der Waals surface area contributed by atoms with Crippen molar-refractivity contribution in [2.24, 2.45) is 11.8 Å². The lowest BCUT2D eigenvalue weighted by atomic mass is 9.82. The van der Waals surface area contributed by atoms with Crippen LogP contribution >= 0.6 is 23.2 Å². The van der Waals surface area contributed by atoms with Gasteiger partial charge in [0.2, 0.25) is 0 Å². The molecule has 0 saturated carbocycles. The summed E-state index contributed by atoms with van der Waals surface area (Å²) >= 11 is 12.2. The highest BCUT2D eigenvalue weighted by molar-refractivity contribution is 6.42. The number of allylic oxidation sites excluding steroid dienone is 2. The molecule has 0 N–H and O–H groups in total. The lowest BCUT2D eigenvalue weighted by Gasteiger charge is -2.30. The van der Waals surface area contributed by atoms with Gasteiger partial charge in [-0.25, -0.2) is 9.80 Å². The molecule has 1 fully saturated rings. The molecule has 0 spiro atoms. The maximum atomic E-state index is 13.7. The number of benzene rings is 3. The topological polar surface area (TPSA) is 110 Å². The Bertz CT molecular complexity index is 1670. The van der Waals surface area contributed by atoms with Crippen LogP contribution in [0.3, 0.4) is 0 Å². The predicted molar refractivity (Wildman–Crippen MR) is 158 cm³/mol. The molecule has 11 heteroatoms. The van der Waals surface area contributed by atoms with E-state index in [4.69, 9.17) is 32.7 Å². The van der Waals surface area contributed by atoms with Gasteiger partial charge in [0.05, 0.1) is 34.6 Å². The Kier molecular flexibility index (Phi) is 8.66. The summed E-state index contributed by atoms with van der Waals surface area (Å²) in [6.45, 7) is 1.28. The van der Waals surface area contributed by atoms with Crippen molar-refractivity contribution in [1.29, 1.82) is 0 Å². The fourth-order valence-corrected chi connectivity index (χ4v) is 5.42. The molecule has 5 rings (SSSR count). The van der Waals surface area contributed by atoms with Crippen LogP contribution in [-0.2, 0) is 9.59 Å². The van der Waals surface area contributed by atoms with Gasteiger partial charge >= 0.3 is 5.97 Å². The zero-order valence-electron chi connectivity index (χ0n) is 23.2. The molecule has 1 heterocycles. The molecule has 0 aromatic heterocycles. The van der Waals surface area contributed by atoms with Crippen molar-refractivity contribution in [1.82, 2.24) is 10.0 Å². The van der Waals surface area contributed by atoms with E-state index in [9.17, 15) is 24.0 Å². The van der Waals surface area contributed by atoms with Crippen molar-refractivity contribution in [3.8, 4) is 11.5 Å². The third-order valence-electron chi connectivity index (χ3n) is 7.43. The van der Waals surface area contributed by atoms with Crippen LogP contribution in [0.2, 0.25) is 10.0 Å². The van der Waals surface area contributed by atoms with Crippen LogP contribution in [0.25, 0.3) is 0 Å². The van der Waals surface area contributed by atoms with Gasteiger partial charge in [-0.3, -0.25) is 19.2 Å². The third-order valence-corrected chi connectivity index (χ3v) is 8.17. The minimum absolute atomic E-state index is 0.0479. The maximum absolute atomic E-state index is 13.7. The second-order valence-electron chi connectivity index (χ2n) is 10.3. The second-order valence-corrected chi connectivity index (χ2v) is 11.1. The van der Waals surface area contributed by atoms with Gasteiger partial charge in [0, 0.05) is 11.1 Å². The van der Waals surface area contributed by atoms with Gasteiger partial charge in [-0.2, -0.15) is 5.01 Å². The summed E-state index contributed by atoms with van der Waals surface area (Å²) < 4.78 is 10.5. The summed E-state index contributed by atoms with van der Waals surface area (Å²) in [6.07, 6.45) is 2.68. The molecule has 220 valence electrons. The monoisotopic (exact) mass is 620 g/mol. The van der Waals surface area contributed by atoms with E-state index < -0.39 is 47.9 Å². The fourth-order valence-electron chi connectivity index (χ4n) is 5.12. The molecule has 3 aromatic rings. The average Bonchev–Trinajstić information content (AvgIpc) is 3.25. The normalized spacial score (nSPS) is 17.7. The number of carbonyl (C=O) groups is 5. The Balaban J connectivity index is 1.38. The van der Waals surface area contributed by atoms with E-state index in [2.05, 4.69) is 0 Å². The van der Waals surface area contributed by atoms with Gasteiger partial charge in [-0.1, -0.05) is 40.9 Å². The Morgan fingerprint density at radius 2 is 1.56 bits per heavy atom. The largest absolute Gasteiger partial charge is 0.497 e. The molecule has 2 atom stereocenters. The van der Waals surface area contributed by atoms with Crippen LogP contribution in [-0.4, -0.2) is 53.1 Å². The number of halogens is 2. The molecule has 1 saturated heterocycles. The molecule has 0 radical (unpaired) electrons. The molecule has 9 nitrogen and oxygen atoms in total. The van der Waals surface area contributed by atoms with E-state index in [-0.39, 0.29) is 32.5 Å². The Morgan fingerprint density at radius 3 is 2.26 bits per heavy atom. The SMILES string of the molecule is COc1cccc(C(=O)Oc2ccc(C(=O)CN(C(=O)c3ccc(Cl)c(Cl)c3)N3C(=O)[C@H]4CC=C(C)C[C@H]4C3=O)cc2)c1. The van der Waals surface area contributed by atoms with Crippen molar-refractivity contribution in [3.05, 3.63) is 105 Å². The number of fused-ring (bicyclic) bond motifs is 1. The molecule has 1 aliphatic carbocycles. The molecule has 3 aromatic carbocycles. The van der Waals surface area contributed by atoms with E-state index in [1.54, 1.807) is 18.2 Å². The molecule has 1 aliphatic heterocycles. The number of carbonyl (C=O) groups excluding carboxylic acids is 5. The van der Waals surface area contributed by atoms with E-state index in [0.29, 0.717) is 18.6 Å². The first kappa shape index (κ1) is 30.0. The standard InChI is InChI=1S/C32H26Cl2N2O7/c1-18-6-12-24-25(14-18)31(40)36(30(24)39)35(29(38)20-9-13-26(33)27(34)16-20)17-28(37)19-7-10-22(11-8-19)43-32(41)21-4-3-5-23(15-21)42-2/h3-11,13,15-16,24-25H,12,14,17H2,1-2H3/t24-,25+/m0/s1. The summed E-state index contributed by atoms with van der Waals surface area (Å²) in [6, 6.07) is 16.3. The molecular formula is C32H26Cl2N2O7. The first-order valence-corrected chi connectivity index (χ1v) is 14.1. The Labute approximate surface area is 257 Å². The highest BCUT2D eigenvalue weighted by atomic mass is 35.5. The lowest BCUT2D eigenvalue weighted by Crippen LogP contribution is -2.52. The molecule has 43 heavy (non-hydrogen) atoms. The number of nitrogens with zero attached hydrogens (tertiary/aromatic N) is 2. The third kappa shape index (κ3) is 6.18. The van der Waals surface area contributed by atoms with Gasteiger partial charge < -0.3 is 9.47 Å². The van der Waals surface area contributed by atoms with E-state index in [1.807, 2.05) is 13.0 Å². The average molecular weight is 621 g/mol. The number of rotatable bonds is 8. The quantitative estimate of drug-likeness (QED) is 0.103. The Hall–Kier alpha value is -4.47. The first-order valence-electron chi connectivity index (χ1n) is 13.4. The number of ether oxygens (including phenoxy) is 2. The van der Waals surface area contributed by atoms with E-state index >= 15 is 0 Å². The van der Waals surface area contributed by atoms with Crippen molar-refractivity contribution in [2.75, 3.05) is 13.7 Å². The predicted octanol–water partition coefficient (Wildman–Crippen LogP) is 5.80. The number of ketones is 1. The fraction of sp³-hybridized carbons (Fsp3) is 0.219. The minimum Gasteiger partial charge on any atom is -0.497 e. The maximum Gasteiger partial charge on any atom is 0.343 e. The van der Waals surface area contributed by atoms with Crippen molar-refractivity contribution in [2.45, 2.75) is 19.8 Å². The van der Waals surface area contributed by atoms with E-state index in [1.165, 1.54) is 55.6 Å². The molecule has 0 bridgehead atoms. The molecular weight excluding hydrogens is 595 g/mol. The van der Waals surface area contributed by atoms with Gasteiger partial charge in [0.15, 0.2) is 5.78 Å². The number of methoxy groups -OCH3 is 1. The van der Waals surface area contributed by atoms with Crippen LogP contribution < -0.4 is 9.47 Å². The molecule has 2 aliphatic rings.